The first kappa shape index (κ1) is 29.7. The van der Waals surface area contributed by atoms with E-state index in [0.717, 1.165) is 26.9 Å². The zero-order valence-electron chi connectivity index (χ0n) is 23.5. The van der Waals surface area contributed by atoms with Crippen LogP contribution >= 0.6 is 23.4 Å². The molecule has 216 valence electrons. The van der Waals surface area contributed by atoms with E-state index in [9.17, 15) is 14.4 Å². The maximum absolute atomic E-state index is 13.6. The van der Waals surface area contributed by atoms with Gasteiger partial charge >= 0.3 is 0 Å². The van der Waals surface area contributed by atoms with Gasteiger partial charge in [-0.3, -0.25) is 14.4 Å². The van der Waals surface area contributed by atoms with Crippen molar-refractivity contribution in [3.63, 3.8) is 0 Å². The highest BCUT2D eigenvalue weighted by molar-refractivity contribution is 8.00. The van der Waals surface area contributed by atoms with Gasteiger partial charge in [0.25, 0.3) is 11.8 Å². The molecule has 0 fully saturated rings. The van der Waals surface area contributed by atoms with Crippen LogP contribution in [0.5, 0.6) is 0 Å². The molecule has 7 nitrogen and oxygen atoms in total. The molecule has 1 atom stereocenters. The van der Waals surface area contributed by atoms with E-state index in [-0.39, 0.29) is 11.6 Å². The first-order chi connectivity index (χ1) is 20.8. The van der Waals surface area contributed by atoms with Crippen LogP contribution < -0.4 is 16.0 Å². The molecule has 4 N–H and O–H groups in total. The molecule has 0 bridgehead atoms. The molecule has 0 radical (unpaired) electrons. The Morgan fingerprint density at radius 3 is 2.44 bits per heavy atom. The van der Waals surface area contributed by atoms with Gasteiger partial charge in [0, 0.05) is 49.5 Å². The molecule has 0 aliphatic rings. The van der Waals surface area contributed by atoms with Gasteiger partial charge in [0.05, 0.1) is 5.25 Å². The molecule has 4 aromatic carbocycles. The van der Waals surface area contributed by atoms with E-state index in [2.05, 4.69) is 20.9 Å². The van der Waals surface area contributed by atoms with Crippen LogP contribution in [-0.2, 0) is 9.59 Å². The van der Waals surface area contributed by atoms with Gasteiger partial charge in [0.1, 0.15) is 5.70 Å². The fourth-order valence-corrected chi connectivity index (χ4v) is 5.49. The van der Waals surface area contributed by atoms with E-state index in [4.69, 9.17) is 11.6 Å². The number of benzene rings is 4. The van der Waals surface area contributed by atoms with Gasteiger partial charge in [-0.15, -0.1) is 11.8 Å². The second-order valence-corrected chi connectivity index (χ2v) is 11.6. The third-order valence-electron chi connectivity index (χ3n) is 6.75. The highest BCUT2D eigenvalue weighted by atomic mass is 35.5. The minimum Gasteiger partial charge on any atom is -0.361 e. The Morgan fingerprint density at radius 2 is 1.63 bits per heavy atom. The number of nitrogens with one attached hydrogen (secondary N) is 4. The predicted molar refractivity (Wildman–Crippen MR) is 175 cm³/mol. The molecule has 9 heteroatoms. The molecule has 0 aliphatic heterocycles. The van der Waals surface area contributed by atoms with Crippen molar-refractivity contribution in [3.05, 3.63) is 131 Å². The van der Waals surface area contributed by atoms with Crippen molar-refractivity contribution in [2.45, 2.75) is 24.0 Å². The molecule has 1 heterocycles. The van der Waals surface area contributed by atoms with Crippen LogP contribution in [-0.4, -0.2) is 28.0 Å². The summed E-state index contributed by atoms with van der Waals surface area (Å²) in [6.45, 7) is 3.66. The molecule has 43 heavy (non-hydrogen) atoms. The molecule has 0 spiro atoms. The predicted octanol–water partition coefficient (Wildman–Crippen LogP) is 7.66. The van der Waals surface area contributed by atoms with E-state index in [1.165, 1.54) is 11.8 Å². The largest absolute Gasteiger partial charge is 0.361 e. The summed E-state index contributed by atoms with van der Waals surface area (Å²) in [6, 6.07) is 29.0. The normalized spacial score (nSPS) is 12.0. The van der Waals surface area contributed by atoms with Crippen molar-refractivity contribution in [2.24, 2.45) is 0 Å². The SMILES string of the molecule is Cc1c(Cl)cccc1NC(=O)C(C)Sc1cccc(NC(=O)/C(=C/c2c[nH]c3ccccc23)NC(=O)c2ccccc2)c1. The number of thioether (sulfide) groups is 1. The quantitative estimate of drug-likeness (QED) is 0.102. The lowest BCUT2D eigenvalue weighted by atomic mass is 10.1. The van der Waals surface area contributed by atoms with Gasteiger partial charge < -0.3 is 20.9 Å². The van der Waals surface area contributed by atoms with Gasteiger partial charge in [-0.1, -0.05) is 60.1 Å². The highest BCUT2D eigenvalue weighted by Crippen LogP contribution is 2.29. The lowest BCUT2D eigenvalue weighted by molar-refractivity contribution is -0.115. The van der Waals surface area contributed by atoms with Gasteiger partial charge in [-0.05, 0) is 74.0 Å². The number of hydrogen-bond acceptors (Lipinski definition) is 4. The summed E-state index contributed by atoms with van der Waals surface area (Å²) in [5.74, 6) is -1.06. The Kier molecular flexibility index (Phi) is 9.29. The average Bonchev–Trinajstić information content (AvgIpc) is 3.42. The number of rotatable bonds is 9. The lowest BCUT2D eigenvalue weighted by Crippen LogP contribution is -2.30. The zero-order chi connectivity index (χ0) is 30.3. The average molecular weight is 609 g/mol. The number of H-pyrrole nitrogens is 1. The number of amides is 3. The second kappa shape index (κ2) is 13.5. The van der Waals surface area contributed by atoms with E-state index in [0.29, 0.717) is 22.0 Å². The maximum Gasteiger partial charge on any atom is 0.272 e. The van der Waals surface area contributed by atoms with Crippen molar-refractivity contribution in [3.8, 4) is 0 Å². The van der Waals surface area contributed by atoms with Crippen LogP contribution in [0.3, 0.4) is 0 Å². The summed E-state index contributed by atoms with van der Waals surface area (Å²) in [7, 11) is 0. The molecule has 1 unspecified atom stereocenters. The summed E-state index contributed by atoms with van der Waals surface area (Å²) in [6.07, 6.45) is 3.44. The number of aromatic nitrogens is 1. The molecular weight excluding hydrogens is 580 g/mol. The van der Waals surface area contributed by atoms with E-state index >= 15 is 0 Å². The van der Waals surface area contributed by atoms with Crippen LogP contribution in [0.15, 0.2) is 114 Å². The lowest BCUT2D eigenvalue weighted by Gasteiger charge is -2.15. The third-order valence-corrected chi connectivity index (χ3v) is 8.25. The molecule has 0 saturated heterocycles. The number of anilines is 2. The van der Waals surface area contributed by atoms with Crippen LogP contribution in [0.25, 0.3) is 17.0 Å². The first-order valence-corrected chi connectivity index (χ1v) is 14.8. The first-order valence-electron chi connectivity index (χ1n) is 13.6. The zero-order valence-corrected chi connectivity index (χ0v) is 25.1. The van der Waals surface area contributed by atoms with Gasteiger partial charge in [-0.2, -0.15) is 0 Å². The molecule has 5 aromatic rings. The van der Waals surface area contributed by atoms with Gasteiger partial charge in [0.15, 0.2) is 0 Å². The number of carbonyl (C=O) groups is 3. The Labute approximate surface area is 258 Å². The van der Waals surface area contributed by atoms with Crippen LogP contribution in [0.4, 0.5) is 11.4 Å². The topological polar surface area (TPSA) is 103 Å². The van der Waals surface area contributed by atoms with Gasteiger partial charge in [0.2, 0.25) is 5.91 Å². The number of hydrogen-bond donors (Lipinski definition) is 4. The summed E-state index contributed by atoms with van der Waals surface area (Å²) in [5, 5.41) is 9.68. The monoisotopic (exact) mass is 608 g/mol. The Balaban J connectivity index is 1.33. The number of halogens is 1. The second-order valence-electron chi connectivity index (χ2n) is 9.81. The molecule has 1 aromatic heterocycles. The molecular formula is C34H29ClN4O3S. The van der Waals surface area contributed by atoms with E-state index < -0.39 is 17.1 Å². The van der Waals surface area contributed by atoms with Crippen molar-refractivity contribution in [2.75, 3.05) is 10.6 Å². The van der Waals surface area contributed by atoms with Crippen molar-refractivity contribution in [1.82, 2.24) is 10.3 Å². The number of para-hydroxylation sites is 1. The smallest absolute Gasteiger partial charge is 0.272 e. The van der Waals surface area contributed by atoms with Crippen molar-refractivity contribution < 1.29 is 14.4 Å². The number of fused-ring (bicyclic) bond motifs is 1. The number of aromatic amines is 1. The number of carbonyl (C=O) groups excluding carboxylic acids is 3. The van der Waals surface area contributed by atoms with Crippen LogP contribution in [0, 0.1) is 6.92 Å². The fraction of sp³-hybridized carbons (Fsp3) is 0.0882. The maximum atomic E-state index is 13.6. The molecule has 0 saturated carbocycles. The van der Waals surface area contributed by atoms with Crippen LogP contribution in [0.1, 0.15) is 28.4 Å². The highest BCUT2D eigenvalue weighted by Gasteiger charge is 2.18. The Morgan fingerprint density at radius 1 is 0.884 bits per heavy atom. The third kappa shape index (κ3) is 7.35. The van der Waals surface area contributed by atoms with E-state index in [1.54, 1.807) is 66.9 Å². The molecule has 0 aliphatic carbocycles. The fourth-order valence-electron chi connectivity index (χ4n) is 4.39. The summed E-state index contributed by atoms with van der Waals surface area (Å²) in [5.41, 5.74) is 4.17. The summed E-state index contributed by atoms with van der Waals surface area (Å²) in [4.78, 5) is 43.5. The Hall–Kier alpha value is -4.79. The van der Waals surface area contributed by atoms with Crippen molar-refractivity contribution in [1.29, 1.82) is 0 Å². The van der Waals surface area contributed by atoms with Crippen LogP contribution in [0.2, 0.25) is 5.02 Å². The van der Waals surface area contributed by atoms with Crippen molar-refractivity contribution >= 4 is 69.4 Å². The molecule has 3 amide bonds. The van der Waals surface area contributed by atoms with Gasteiger partial charge in [-0.25, -0.2) is 0 Å². The minimum atomic E-state index is -0.487. The Bertz CT molecular complexity index is 1830. The standard InChI is InChI=1S/C34H29ClN4O3S/c1-21-28(35)15-9-17-29(21)38-32(40)22(2)43-26-13-8-12-25(19-26)37-34(42)31(39-33(41)23-10-4-3-5-11-23)18-24-20-36-30-16-7-6-14-27(24)30/h3-20,22,36H,1-2H3,(H,37,42)(H,38,40)(H,39,41)/b31-18-. The summed E-state index contributed by atoms with van der Waals surface area (Å²) < 4.78 is 0. The molecule has 5 rings (SSSR count). The minimum absolute atomic E-state index is 0.0845. The summed E-state index contributed by atoms with van der Waals surface area (Å²) >= 11 is 7.55. The van der Waals surface area contributed by atoms with E-state index in [1.807, 2.05) is 56.3 Å².